The van der Waals surface area contributed by atoms with Crippen LogP contribution in [0.4, 0.5) is 5.69 Å². The molecule has 1 aromatic heterocycles. The Hall–Kier alpha value is -2.63. The van der Waals surface area contributed by atoms with E-state index in [0.29, 0.717) is 0 Å². The molecule has 3 rings (SSSR count). The van der Waals surface area contributed by atoms with Crippen molar-refractivity contribution >= 4 is 22.9 Å². The Labute approximate surface area is 158 Å². The molecule has 0 aliphatic heterocycles. The van der Waals surface area contributed by atoms with Gasteiger partial charge in [-0.2, -0.15) is 0 Å². The maximum atomic E-state index is 13.1. The van der Waals surface area contributed by atoms with E-state index >= 15 is 0 Å². The molecular weight excluding hydrogens is 344 g/mol. The summed E-state index contributed by atoms with van der Waals surface area (Å²) in [5.41, 5.74) is 1.74. The Bertz CT molecular complexity index is 834. The highest BCUT2D eigenvalue weighted by Crippen LogP contribution is 2.19. The van der Waals surface area contributed by atoms with Crippen molar-refractivity contribution in [3.63, 3.8) is 0 Å². The Morgan fingerprint density at radius 1 is 1.12 bits per heavy atom. The van der Waals surface area contributed by atoms with Gasteiger partial charge in [-0.15, -0.1) is 11.3 Å². The minimum atomic E-state index is -0.301. The zero-order chi connectivity index (χ0) is 18.4. The van der Waals surface area contributed by atoms with Crippen LogP contribution >= 0.6 is 11.3 Å². The molecule has 0 bridgehead atoms. The number of anilines is 1. The predicted octanol–water partition coefficient (Wildman–Crippen LogP) is 3.15. The number of carbonyl (C=O) groups excluding carboxylic acids is 1. The number of quaternary nitrogens is 1. The highest BCUT2D eigenvalue weighted by Gasteiger charge is 2.29. The van der Waals surface area contributed by atoms with E-state index in [-0.39, 0.29) is 11.9 Å². The second-order valence-electron chi connectivity index (χ2n) is 6.17. The van der Waals surface area contributed by atoms with E-state index in [1.165, 1.54) is 4.88 Å². The van der Waals surface area contributed by atoms with Crippen LogP contribution in [0, 0.1) is 0 Å². The van der Waals surface area contributed by atoms with Crippen LogP contribution in [0.2, 0.25) is 0 Å². The van der Waals surface area contributed by atoms with E-state index in [1.54, 1.807) is 18.4 Å². The lowest BCUT2D eigenvalue weighted by Crippen LogP contribution is -3.09. The van der Waals surface area contributed by atoms with Crippen LogP contribution < -0.4 is 15.0 Å². The number of hydrogen-bond donors (Lipinski definition) is 2. The van der Waals surface area contributed by atoms with Crippen molar-refractivity contribution in [2.45, 2.75) is 12.6 Å². The second kappa shape index (κ2) is 8.65. The number of nitrogens with one attached hydrogen (secondary N) is 2. The van der Waals surface area contributed by atoms with Crippen LogP contribution in [-0.4, -0.2) is 20.1 Å². The molecule has 134 valence electrons. The lowest BCUT2D eigenvalue weighted by Gasteiger charge is -2.24. The van der Waals surface area contributed by atoms with Gasteiger partial charge in [0.1, 0.15) is 12.3 Å². The van der Waals surface area contributed by atoms with Crippen molar-refractivity contribution in [2.75, 3.05) is 19.5 Å². The molecule has 0 aliphatic rings. The van der Waals surface area contributed by atoms with E-state index in [4.69, 9.17) is 4.74 Å². The molecule has 0 aliphatic carbocycles. The second-order valence-corrected chi connectivity index (χ2v) is 7.20. The number of amides is 1. The number of ether oxygens (including phenoxy) is 1. The third kappa shape index (κ3) is 4.50. The minimum absolute atomic E-state index is 0.0292. The quantitative estimate of drug-likeness (QED) is 0.674. The maximum Gasteiger partial charge on any atom is 0.287 e. The first-order valence-corrected chi connectivity index (χ1v) is 9.40. The molecule has 2 atom stereocenters. The van der Waals surface area contributed by atoms with Crippen molar-refractivity contribution < 1.29 is 14.4 Å². The first kappa shape index (κ1) is 18.2. The van der Waals surface area contributed by atoms with Crippen LogP contribution in [0.3, 0.4) is 0 Å². The topological polar surface area (TPSA) is 42.8 Å². The van der Waals surface area contributed by atoms with E-state index in [1.807, 2.05) is 60.7 Å². The summed E-state index contributed by atoms with van der Waals surface area (Å²) in [7, 11) is 3.68. The molecule has 5 heteroatoms. The van der Waals surface area contributed by atoms with Crippen molar-refractivity contribution in [2.24, 2.45) is 0 Å². The minimum Gasteiger partial charge on any atom is -0.497 e. The van der Waals surface area contributed by atoms with Crippen molar-refractivity contribution in [1.82, 2.24) is 0 Å². The van der Waals surface area contributed by atoms with Gasteiger partial charge in [0, 0.05) is 17.3 Å². The number of carbonyl (C=O) groups is 1. The standard InChI is InChI=1S/C21H22N2O2S/c1-23(15-19-12-7-13-26-19)20(16-8-4-3-5-9-16)21(24)22-17-10-6-11-18(14-17)25-2/h3-14,20H,15H2,1-2H3,(H,22,24)/p+1/t20-/m1/s1. The fourth-order valence-corrected chi connectivity index (χ4v) is 3.81. The number of rotatable bonds is 7. The summed E-state index contributed by atoms with van der Waals surface area (Å²) < 4.78 is 5.24. The molecule has 0 fully saturated rings. The smallest absolute Gasteiger partial charge is 0.287 e. The zero-order valence-electron chi connectivity index (χ0n) is 14.9. The van der Waals surface area contributed by atoms with E-state index in [0.717, 1.165) is 28.4 Å². The average Bonchev–Trinajstić information content (AvgIpc) is 3.16. The lowest BCUT2D eigenvalue weighted by atomic mass is 10.0. The SMILES string of the molecule is COc1cccc(NC(=O)[C@@H](c2ccccc2)[NH+](C)Cc2cccs2)c1. The molecule has 26 heavy (non-hydrogen) atoms. The first-order chi connectivity index (χ1) is 12.7. The number of methoxy groups -OCH3 is 1. The van der Waals surface area contributed by atoms with E-state index in [9.17, 15) is 4.79 Å². The molecule has 1 unspecified atom stereocenters. The van der Waals surface area contributed by atoms with Gasteiger partial charge in [0.25, 0.3) is 5.91 Å². The van der Waals surface area contributed by atoms with Crippen molar-refractivity contribution in [1.29, 1.82) is 0 Å². The Kier molecular flexibility index (Phi) is 6.04. The highest BCUT2D eigenvalue weighted by atomic mass is 32.1. The van der Waals surface area contributed by atoms with Gasteiger partial charge in [0.05, 0.1) is 19.0 Å². The van der Waals surface area contributed by atoms with Gasteiger partial charge >= 0.3 is 0 Å². The molecular formula is C21H23N2O2S+. The van der Waals surface area contributed by atoms with Gasteiger partial charge in [-0.3, -0.25) is 4.79 Å². The monoisotopic (exact) mass is 367 g/mol. The summed E-state index contributed by atoms with van der Waals surface area (Å²) in [6.07, 6.45) is 0. The molecule has 0 saturated carbocycles. The fraction of sp³-hybridized carbons (Fsp3) is 0.190. The van der Waals surface area contributed by atoms with Gasteiger partial charge in [0.2, 0.25) is 0 Å². The third-order valence-electron chi connectivity index (χ3n) is 4.26. The first-order valence-electron chi connectivity index (χ1n) is 8.52. The fourth-order valence-electron chi connectivity index (χ4n) is 3.01. The molecule has 0 saturated heterocycles. The third-order valence-corrected chi connectivity index (χ3v) is 5.13. The molecule has 2 aromatic carbocycles. The van der Waals surface area contributed by atoms with Gasteiger partial charge < -0.3 is 15.0 Å². The number of likely N-dealkylation sites (N-methyl/N-ethyl adjacent to an activating group) is 1. The molecule has 4 nitrogen and oxygen atoms in total. The summed E-state index contributed by atoms with van der Waals surface area (Å²) in [4.78, 5) is 15.5. The maximum absolute atomic E-state index is 13.1. The largest absolute Gasteiger partial charge is 0.497 e. The van der Waals surface area contributed by atoms with E-state index in [2.05, 4.69) is 23.8 Å². The molecule has 1 heterocycles. The summed E-state index contributed by atoms with van der Waals surface area (Å²) in [5, 5.41) is 5.11. The normalized spacial score (nSPS) is 13.0. The van der Waals surface area contributed by atoms with Gasteiger partial charge in [-0.1, -0.05) is 42.5 Å². The zero-order valence-corrected chi connectivity index (χ0v) is 15.8. The number of thiophene rings is 1. The molecule has 0 spiro atoms. The summed E-state index contributed by atoms with van der Waals surface area (Å²) in [6.45, 7) is 0.794. The molecule has 0 radical (unpaired) electrons. The Morgan fingerprint density at radius 2 is 1.92 bits per heavy atom. The number of benzene rings is 2. The average molecular weight is 367 g/mol. The van der Waals surface area contributed by atoms with Crippen molar-refractivity contribution in [3.05, 3.63) is 82.6 Å². The summed E-state index contributed by atoms with van der Waals surface area (Å²) in [5.74, 6) is 0.692. The van der Waals surface area contributed by atoms with E-state index < -0.39 is 0 Å². The molecule has 1 amide bonds. The van der Waals surface area contributed by atoms with Gasteiger partial charge in [0.15, 0.2) is 6.04 Å². The summed E-state index contributed by atoms with van der Waals surface area (Å²) in [6, 6.07) is 21.2. The van der Waals surface area contributed by atoms with Crippen LogP contribution in [0.25, 0.3) is 0 Å². The van der Waals surface area contributed by atoms with Crippen LogP contribution in [0.5, 0.6) is 5.75 Å². The van der Waals surface area contributed by atoms with Crippen molar-refractivity contribution in [3.8, 4) is 5.75 Å². The van der Waals surface area contributed by atoms with Crippen LogP contribution in [0.15, 0.2) is 72.1 Å². The van der Waals surface area contributed by atoms with Gasteiger partial charge in [-0.25, -0.2) is 0 Å². The molecule has 2 N–H and O–H groups in total. The number of hydrogen-bond acceptors (Lipinski definition) is 3. The Balaban J connectivity index is 1.83. The van der Waals surface area contributed by atoms with Crippen LogP contribution in [-0.2, 0) is 11.3 Å². The molecule has 3 aromatic rings. The predicted molar refractivity (Wildman–Crippen MR) is 106 cm³/mol. The lowest BCUT2D eigenvalue weighted by molar-refractivity contribution is -0.915. The Morgan fingerprint density at radius 3 is 2.62 bits per heavy atom. The van der Waals surface area contributed by atoms with Crippen LogP contribution in [0.1, 0.15) is 16.5 Å². The summed E-state index contributed by atoms with van der Waals surface area (Å²) >= 11 is 1.72. The van der Waals surface area contributed by atoms with Gasteiger partial charge in [-0.05, 0) is 23.6 Å². The highest BCUT2D eigenvalue weighted by molar-refractivity contribution is 7.09.